The highest BCUT2D eigenvalue weighted by Gasteiger charge is 2.77. The van der Waals surface area contributed by atoms with Crippen LogP contribution in [0.4, 0.5) is 20.2 Å². The van der Waals surface area contributed by atoms with Gasteiger partial charge in [-0.1, -0.05) is 38.1 Å². The van der Waals surface area contributed by atoms with Gasteiger partial charge in [-0.2, -0.15) is 0 Å². The average Bonchev–Trinajstić information content (AvgIpc) is 3.33. The van der Waals surface area contributed by atoms with E-state index < -0.39 is 76.2 Å². The number of rotatable bonds is 4. The number of ether oxygens (including phenoxy) is 1. The van der Waals surface area contributed by atoms with E-state index in [1.807, 2.05) is 0 Å². The third-order valence-electron chi connectivity index (χ3n) is 8.81. The Kier molecular flexibility index (Phi) is 5.40. The minimum absolute atomic E-state index is 0.00216. The van der Waals surface area contributed by atoms with E-state index in [1.165, 1.54) is 43.3 Å². The van der Waals surface area contributed by atoms with Gasteiger partial charge in [0.1, 0.15) is 17.4 Å². The van der Waals surface area contributed by atoms with Crippen LogP contribution in [-0.2, 0) is 28.7 Å². The first-order chi connectivity index (χ1) is 18.5. The second-order valence-electron chi connectivity index (χ2n) is 10.6. The lowest BCUT2D eigenvalue weighted by Gasteiger charge is -2.55. The van der Waals surface area contributed by atoms with Crippen LogP contribution in [0, 0.1) is 46.6 Å². The Labute approximate surface area is 222 Å². The Bertz CT molecular complexity index is 1440. The molecular formula is C29H24F2N2O6. The van der Waals surface area contributed by atoms with Crippen LogP contribution in [0.1, 0.15) is 27.2 Å². The number of imide groups is 2. The van der Waals surface area contributed by atoms with Gasteiger partial charge in [-0.05, 0) is 36.8 Å². The van der Waals surface area contributed by atoms with Gasteiger partial charge in [-0.3, -0.25) is 24.0 Å². The van der Waals surface area contributed by atoms with Gasteiger partial charge in [-0.15, -0.1) is 0 Å². The highest BCUT2D eigenvalue weighted by molar-refractivity contribution is 6.27. The second kappa shape index (κ2) is 8.39. The smallest absolute Gasteiger partial charge is 0.310 e. The molecule has 10 heteroatoms. The number of benzene rings is 2. The first-order valence-electron chi connectivity index (χ1n) is 12.7. The molecule has 2 aromatic rings. The van der Waals surface area contributed by atoms with E-state index in [9.17, 15) is 32.8 Å². The number of carbonyl (C=O) groups is 5. The minimum Gasteiger partial charge on any atom is -0.430 e. The van der Waals surface area contributed by atoms with Crippen molar-refractivity contribution in [2.75, 3.05) is 9.80 Å². The lowest BCUT2D eigenvalue weighted by Crippen LogP contribution is -2.60. The molecular weight excluding hydrogens is 510 g/mol. The van der Waals surface area contributed by atoms with Crippen molar-refractivity contribution in [2.24, 2.45) is 35.0 Å². The van der Waals surface area contributed by atoms with Crippen LogP contribution in [0.5, 0.6) is 0 Å². The summed E-state index contributed by atoms with van der Waals surface area (Å²) in [6.07, 6.45) is 0.00216. The van der Waals surface area contributed by atoms with E-state index in [2.05, 4.69) is 0 Å². The van der Waals surface area contributed by atoms with Crippen LogP contribution in [-0.4, -0.2) is 29.6 Å². The second-order valence-corrected chi connectivity index (χ2v) is 10.6. The molecule has 0 spiro atoms. The lowest BCUT2D eigenvalue weighted by atomic mass is 9.45. The van der Waals surface area contributed by atoms with Crippen molar-refractivity contribution in [1.29, 1.82) is 0 Å². The Hall–Kier alpha value is -4.21. The van der Waals surface area contributed by atoms with Gasteiger partial charge in [0.15, 0.2) is 0 Å². The molecule has 2 unspecified atom stereocenters. The zero-order chi connectivity index (χ0) is 28.0. The largest absolute Gasteiger partial charge is 0.430 e. The number of allylic oxidation sites excluding steroid dienone is 2. The maximum Gasteiger partial charge on any atom is 0.310 e. The number of hydrogen-bond acceptors (Lipinski definition) is 6. The molecule has 200 valence electrons. The van der Waals surface area contributed by atoms with Crippen molar-refractivity contribution < 1.29 is 37.5 Å². The van der Waals surface area contributed by atoms with E-state index in [0.29, 0.717) is 5.57 Å². The summed E-state index contributed by atoms with van der Waals surface area (Å²) in [5.41, 5.74) is -1.68. The molecule has 2 saturated heterocycles. The molecule has 0 N–H and O–H groups in total. The molecule has 0 aromatic heterocycles. The highest BCUT2D eigenvalue weighted by Crippen LogP contribution is 2.69. The van der Waals surface area contributed by atoms with Crippen molar-refractivity contribution in [3.8, 4) is 0 Å². The SMILES string of the molecule is CCC(=O)OC1=C(C)C2[C@@H]3C(=O)N(c4ccccc4F)C(=O)[C@H]3C1(C)[C@H]1C(=O)N(c3ccccc3F)C(=O)[C@@H]21. The molecule has 2 aromatic carbocycles. The van der Waals surface area contributed by atoms with Gasteiger partial charge in [0.25, 0.3) is 0 Å². The molecule has 2 aliphatic heterocycles. The summed E-state index contributed by atoms with van der Waals surface area (Å²) < 4.78 is 35.3. The third-order valence-corrected chi connectivity index (χ3v) is 8.81. The fourth-order valence-corrected chi connectivity index (χ4v) is 7.30. The average molecular weight is 535 g/mol. The van der Waals surface area contributed by atoms with Gasteiger partial charge in [-0.25, -0.2) is 18.6 Å². The number of amides is 4. The van der Waals surface area contributed by atoms with Crippen LogP contribution in [0.15, 0.2) is 59.9 Å². The van der Waals surface area contributed by atoms with E-state index >= 15 is 0 Å². The monoisotopic (exact) mass is 534 g/mol. The van der Waals surface area contributed by atoms with Crippen LogP contribution in [0.3, 0.4) is 0 Å². The number of para-hydroxylation sites is 2. The summed E-state index contributed by atoms with van der Waals surface area (Å²) >= 11 is 0. The quantitative estimate of drug-likeness (QED) is 0.438. The van der Waals surface area contributed by atoms with Crippen LogP contribution >= 0.6 is 0 Å². The number of esters is 1. The van der Waals surface area contributed by atoms with E-state index in [1.54, 1.807) is 13.8 Å². The fourth-order valence-electron chi connectivity index (χ4n) is 7.30. The van der Waals surface area contributed by atoms with E-state index in [0.717, 1.165) is 21.9 Å². The standard InChI is InChI=1S/C29H24F2N2O6/c1-4-18(34)39-24-13(2)19-20-22(27(37)32(25(20)35)16-11-7-5-9-14(16)30)29(24,3)23-21(19)26(36)33(28(23)38)17-12-8-6-10-15(17)31/h5-12,19-23H,4H2,1-3H3/t19?,20-,21-,22-,23+,29?/m0/s1. The maximum atomic E-state index is 14.8. The molecule has 1 saturated carbocycles. The topological polar surface area (TPSA) is 101 Å². The molecule has 3 fully saturated rings. The summed E-state index contributed by atoms with van der Waals surface area (Å²) in [5, 5.41) is 0. The summed E-state index contributed by atoms with van der Waals surface area (Å²) in [6.45, 7) is 4.73. The number of anilines is 2. The first kappa shape index (κ1) is 25.1. The van der Waals surface area contributed by atoms with Crippen molar-refractivity contribution in [3.05, 3.63) is 71.5 Å². The van der Waals surface area contributed by atoms with E-state index in [-0.39, 0.29) is 23.6 Å². The fraction of sp³-hybridized carbons (Fsp3) is 0.345. The molecule has 2 heterocycles. The maximum absolute atomic E-state index is 14.8. The predicted molar refractivity (Wildman–Crippen MR) is 132 cm³/mol. The molecule has 7 rings (SSSR count). The summed E-state index contributed by atoms with van der Waals surface area (Å²) in [4.78, 5) is 69.8. The number of carbonyl (C=O) groups excluding carboxylic acids is 5. The Morgan fingerprint density at radius 3 is 1.64 bits per heavy atom. The number of hydrogen-bond donors (Lipinski definition) is 0. The minimum atomic E-state index is -1.61. The third kappa shape index (κ3) is 3.05. The highest BCUT2D eigenvalue weighted by atomic mass is 19.1. The van der Waals surface area contributed by atoms with Gasteiger partial charge in [0.2, 0.25) is 23.6 Å². The number of nitrogens with zero attached hydrogens (tertiary/aromatic N) is 2. The van der Waals surface area contributed by atoms with Gasteiger partial charge in [0, 0.05) is 12.3 Å². The Balaban J connectivity index is 1.56. The van der Waals surface area contributed by atoms with E-state index in [4.69, 9.17) is 4.74 Å². The first-order valence-corrected chi connectivity index (χ1v) is 12.7. The van der Waals surface area contributed by atoms with Crippen LogP contribution in [0.25, 0.3) is 0 Å². The van der Waals surface area contributed by atoms with Gasteiger partial charge in [0.05, 0.1) is 40.5 Å². The molecule has 2 bridgehead atoms. The molecule has 5 aliphatic rings. The Morgan fingerprint density at radius 1 is 0.795 bits per heavy atom. The van der Waals surface area contributed by atoms with Crippen molar-refractivity contribution >= 4 is 41.0 Å². The summed E-state index contributed by atoms with van der Waals surface area (Å²) in [6, 6.07) is 10.7. The predicted octanol–water partition coefficient (Wildman–Crippen LogP) is 3.75. The van der Waals surface area contributed by atoms with Gasteiger partial charge < -0.3 is 4.74 Å². The summed E-state index contributed by atoms with van der Waals surface area (Å²) in [7, 11) is 0. The normalized spacial score (nSPS) is 31.3. The molecule has 4 amide bonds. The molecule has 39 heavy (non-hydrogen) atoms. The van der Waals surface area contributed by atoms with Crippen molar-refractivity contribution in [2.45, 2.75) is 27.2 Å². The molecule has 0 radical (unpaired) electrons. The van der Waals surface area contributed by atoms with Crippen molar-refractivity contribution in [1.82, 2.24) is 0 Å². The zero-order valence-corrected chi connectivity index (χ0v) is 21.3. The molecule has 6 atom stereocenters. The molecule has 8 nitrogen and oxygen atoms in total. The van der Waals surface area contributed by atoms with Crippen LogP contribution < -0.4 is 9.80 Å². The summed E-state index contributed by atoms with van der Waals surface area (Å²) in [5.74, 6) is -10.6. The lowest BCUT2D eigenvalue weighted by molar-refractivity contribution is -0.160. The molecule has 3 aliphatic carbocycles. The van der Waals surface area contributed by atoms with Crippen LogP contribution in [0.2, 0.25) is 0 Å². The van der Waals surface area contributed by atoms with Crippen molar-refractivity contribution in [3.63, 3.8) is 0 Å². The zero-order valence-electron chi connectivity index (χ0n) is 21.3. The number of halogens is 2. The Morgan fingerprint density at radius 2 is 1.23 bits per heavy atom. The van der Waals surface area contributed by atoms with Gasteiger partial charge >= 0.3 is 5.97 Å².